The molecule has 4 aliphatic rings. The van der Waals surface area contributed by atoms with Gasteiger partial charge in [0.25, 0.3) is 0 Å². The third-order valence-corrected chi connectivity index (χ3v) is 17.8. The fourth-order valence-corrected chi connectivity index (χ4v) is 14.9. The normalized spacial score (nSPS) is 13.2. The second-order valence-electron chi connectivity index (χ2n) is 20.2. The van der Waals surface area contributed by atoms with Gasteiger partial charge < -0.3 is 19.6 Å². The van der Waals surface area contributed by atoms with E-state index in [4.69, 9.17) is 0 Å². The Morgan fingerprint density at radius 3 is 0.987 bits per heavy atom. The quantitative estimate of drug-likeness (QED) is 0.140. The molecule has 4 heterocycles. The molecule has 0 bridgehead atoms. The van der Waals surface area contributed by atoms with Crippen LogP contribution in [-0.4, -0.2) is 13.4 Å². The Labute approximate surface area is 454 Å². The summed E-state index contributed by atoms with van der Waals surface area (Å²) in [6, 6.07) is 94.5. The Morgan fingerprint density at radius 1 is 0.289 bits per heavy atom. The summed E-state index contributed by atoms with van der Waals surface area (Å²) in [4.78, 5) is 15.1. The molecule has 0 aromatic heterocycles. The van der Waals surface area contributed by atoms with Gasteiger partial charge in [-0.1, -0.05) is 174 Å². The van der Waals surface area contributed by atoms with Crippen LogP contribution in [0.25, 0.3) is 0 Å². The molecular formula is C68H48B2N4S2. The van der Waals surface area contributed by atoms with Crippen LogP contribution in [0.5, 0.6) is 0 Å². The molecule has 358 valence electrons. The van der Waals surface area contributed by atoms with Crippen molar-refractivity contribution in [2.75, 3.05) is 19.6 Å². The van der Waals surface area contributed by atoms with Crippen LogP contribution in [0.15, 0.2) is 274 Å². The van der Waals surface area contributed by atoms with Gasteiger partial charge in [0, 0.05) is 87.8 Å². The summed E-state index contributed by atoms with van der Waals surface area (Å²) >= 11 is 3.86. The minimum atomic E-state index is -0.00138. The molecule has 0 saturated carbocycles. The second kappa shape index (κ2) is 18.1. The molecule has 0 fully saturated rings. The van der Waals surface area contributed by atoms with Crippen LogP contribution in [0, 0.1) is 13.8 Å². The molecule has 15 rings (SSSR count). The van der Waals surface area contributed by atoms with E-state index in [1.807, 2.05) is 23.5 Å². The fraction of sp³-hybridized carbons (Fsp3) is 0.0294. The van der Waals surface area contributed by atoms with E-state index in [-0.39, 0.29) is 13.4 Å². The van der Waals surface area contributed by atoms with Crippen molar-refractivity contribution in [1.82, 2.24) is 0 Å². The van der Waals surface area contributed by atoms with Crippen LogP contribution < -0.4 is 52.4 Å². The van der Waals surface area contributed by atoms with Crippen LogP contribution in [0.4, 0.5) is 68.2 Å². The first-order valence-corrected chi connectivity index (χ1v) is 27.8. The number of aryl methyl sites for hydroxylation is 2. The van der Waals surface area contributed by atoms with Crippen molar-refractivity contribution in [1.29, 1.82) is 0 Å². The molecule has 0 aliphatic carbocycles. The van der Waals surface area contributed by atoms with Crippen molar-refractivity contribution in [3.63, 3.8) is 0 Å². The summed E-state index contributed by atoms with van der Waals surface area (Å²) in [6.45, 7) is 4.45. The van der Waals surface area contributed by atoms with Gasteiger partial charge in [0.15, 0.2) is 0 Å². The number of benzene rings is 11. The highest BCUT2D eigenvalue weighted by molar-refractivity contribution is 8.01. The Balaban J connectivity index is 0.979. The minimum absolute atomic E-state index is 0.00138. The zero-order valence-electron chi connectivity index (χ0n) is 42.0. The molecule has 4 nitrogen and oxygen atoms in total. The third-order valence-electron chi connectivity index (χ3n) is 15.6. The molecule has 0 unspecified atom stereocenters. The topological polar surface area (TPSA) is 13.0 Å². The van der Waals surface area contributed by atoms with Crippen LogP contribution in [-0.2, 0) is 0 Å². The van der Waals surface area contributed by atoms with Crippen molar-refractivity contribution in [3.8, 4) is 0 Å². The minimum Gasteiger partial charge on any atom is -0.311 e. The summed E-state index contributed by atoms with van der Waals surface area (Å²) in [5.41, 5.74) is 24.4. The standard InChI is InChI=1S/C68H48B2N4S2/c1-45-33-35-55-59(37-45)73(51-29-17-7-18-30-51)61-39-53(71(47-21-9-3-10-22-47)48-23-11-4-12-24-48)41-65-67(61)69(55)57-43-58-64(44-63(57)75-65)76-66-42-54(72(49-25-13-5-14-26-49)50-27-15-6-16-28-50)40-62-68(66)70(58)56-36-34-46(2)38-60(56)74(62)52-31-19-8-20-32-52/h3-44H,1-2H3. The molecule has 0 spiro atoms. The van der Waals surface area contributed by atoms with Gasteiger partial charge in [0.05, 0.1) is 0 Å². The van der Waals surface area contributed by atoms with Crippen LogP contribution in [0.3, 0.4) is 0 Å². The first-order valence-electron chi connectivity index (χ1n) is 26.1. The molecular weight excluding hydrogens is 959 g/mol. The van der Waals surface area contributed by atoms with E-state index in [0.29, 0.717) is 0 Å². The number of fused-ring (bicyclic) bond motifs is 8. The Morgan fingerprint density at radius 2 is 0.632 bits per heavy atom. The van der Waals surface area contributed by atoms with Gasteiger partial charge >= 0.3 is 0 Å². The average Bonchev–Trinajstić information content (AvgIpc) is 3.50. The number of hydrogen-bond donors (Lipinski definition) is 0. The SMILES string of the molecule is Cc1ccc2c(c1)N(c1ccccc1)c1cc(N(c3ccccc3)c3ccccc3)cc3c1B2c1cc2c(cc1S3)Sc1cc(N(c3ccccc3)c3ccccc3)cc3c1B2c1ccc(C)cc1N3c1ccccc1. The summed E-state index contributed by atoms with van der Waals surface area (Å²) in [5.74, 6) is 0. The van der Waals surface area contributed by atoms with Gasteiger partial charge in [-0.3, -0.25) is 0 Å². The summed E-state index contributed by atoms with van der Waals surface area (Å²) in [5, 5.41) is 0. The lowest BCUT2D eigenvalue weighted by atomic mass is 9.31. The van der Waals surface area contributed by atoms with E-state index >= 15 is 0 Å². The molecule has 11 aromatic rings. The molecule has 0 atom stereocenters. The highest BCUT2D eigenvalue weighted by atomic mass is 32.2. The number of hydrogen-bond acceptors (Lipinski definition) is 6. The van der Waals surface area contributed by atoms with E-state index in [0.717, 1.165) is 45.5 Å². The van der Waals surface area contributed by atoms with Gasteiger partial charge in [0.2, 0.25) is 13.4 Å². The molecule has 76 heavy (non-hydrogen) atoms. The van der Waals surface area contributed by atoms with Crippen molar-refractivity contribution < 1.29 is 0 Å². The number of anilines is 12. The molecule has 0 N–H and O–H groups in total. The zero-order valence-corrected chi connectivity index (χ0v) is 43.6. The lowest BCUT2D eigenvalue weighted by Crippen LogP contribution is -2.63. The maximum atomic E-state index is 2.63. The number of rotatable bonds is 8. The smallest absolute Gasteiger partial charge is 0.249 e. The highest BCUT2D eigenvalue weighted by Gasteiger charge is 2.46. The maximum absolute atomic E-state index is 2.63. The predicted octanol–water partition coefficient (Wildman–Crippen LogP) is 14.8. The maximum Gasteiger partial charge on any atom is 0.249 e. The Kier molecular flexibility index (Phi) is 10.7. The third kappa shape index (κ3) is 7.26. The molecule has 0 amide bonds. The van der Waals surface area contributed by atoms with Crippen molar-refractivity contribution in [3.05, 3.63) is 266 Å². The summed E-state index contributed by atoms with van der Waals surface area (Å²) < 4.78 is 0. The molecule has 4 aliphatic heterocycles. The largest absolute Gasteiger partial charge is 0.311 e. The number of nitrogens with zero attached hydrogens (tertiary/aromatic N) is 4. The Hall–Kier alpha value is -8.55. The van der Waals surface area contributed by atoms with Gasteiger partial charge in [-0.15, -0.1) is 0 Å². The number of para-hydroxylation sites is 6. The predicted molar refractivity (Wildman–Crippen MR) is 325 cm³/mol. The molecule has 8 heteroatoms. The zero-order chi connectivity index (χ0) is 50.4. The highest BCUT2D eigenvalue weighted by Crippen LogP contribution is 2.50. The lowest BCUT2D eigenvalue weighted by molar-refractivity contribution is 1.22. The molecule has 0 radical (unpaired) electrons. The first kappa shape index (κ1) is 44.9. The van der Waals surface area contributed by atoms with Gasteiger partial charge in [-0.2, -0.15) is 0 Å². The molecule has 11 aromatic carbocycles. The van der Waals surface area contributed by atoms with E-state index in [1.165, 1.54) is 86.2 Å². The van der Waals surface area contributed by atoms with Crippen LogP contribution in [0.2, 0.25) is 0 Å². The van der Waals surface area contributed by atoms with Gasteiger partial charge in [-0.05, 0) is 162 Å². The second-order valence-corrected chi connectivity index (χ2v) is 22.4. The summed E-state index contributed by atoms with van der Waals surface area (Å²) in [6.07, 6.45) is 0. The Bertz CT molecular complexity index is 3710. The van der Waals surface area contributed by atoms with Crippen LogP contribution >= 0.6 is 23.5 Å². The molecule has 0 saturated heterocycles. The fourth-order valence-electron chi connectivity index (χ4n) is 12.3. The van der Waals surface area contributed by atoms with Crippen molar-refractivity contribution in [2.24, 2.45) is 0 Å². The van der Waals surface area contributed by atoms with E-state index in [9.17, 15) is 0 Å². The van der Waals surface area contributed by atoms with E-state index in [2.05, 4.69) is 288 Å². The van der Waals surface area contributed by atoms with Gasteiger partial charge in [-0.25, -0.2) is 0 Å². The van der Waals surface area contributed by atoms with Crippen molar-refractivity contribution >= 4 is 138 Å². The average molecular weight is 1010 g/mol. The van der Waals surface area contributed by atoms with E-state index < -0.39 is 0 Å². The summed E-state index contributed by atoms with van der Waals surface area (Å²) in [7, 11) is 0. The van der Waals surface area contributed by atoms with E-state index in [1.54, 1.807) is 0 Å². The van der Waals surface area contributed by atoms with Gasteiger partial charge in [0.1, 0.15) is 0 Å². The van der Waals surface area contributed by atoms with Crippen LogP contribution in [0.1, 0.15) is 11.1 Å². The van der Waals surface area contributed by atoms with Crippen molar-refractivity contribution in [2.45, 2.75) is 33.4 Å². The first-order chi connectivity index (χ1) is 37.5. The lowest BCUT2D eigenvalue weighted by Gasteiger charge is -2.43. The monoisotopic (exact) mass is 1010 g/mol.